The molecule has 0 aromatic heterocycles. The molecule has 2 N–H and O–H groups in total. The Hall–Kier alpha value is -1.79. The smallest absolute Gasteiger partial charge is 0.382 e. The van der Waals surface area contributed by atoms with Gasteiger partial charge in [0.25, 0.3) is 0 Å². The molecule has 0 bridgehead atoms. The maximum atomic E-state index is 10.6. The summed E-state index contributed by atoms with van der Waals surface area (Å²) in [4.78, 5) is 10.6. The summed E-state index contributed by atoms with van der Waals surface area (Å²) < 4.78 is 0. The van der Waals surface area contributed by atoms with Gasteiger partial charge in [-0.25, -0.2) is 4.79 Å². The molecule has 0 spiro atoms. The van der Waals surface area contributed by atoms with Crippen molar-refractivity contribution in [1.82, 2.24) is 0 Å². The summed E-state index contributed by atoms with van der Waals surface area (Å²) in [7, 11) is 0. The number of hydrogen-bond acceptors (Lipinski definition) is 2. The summed E-state index contributed by atoms with van der Waals surface area (Å²) in [5, 5.41) is 19.2. The normalized spacial score (nSPS) is 13.2. The van der Waals surface area contributed by atoms with Crippen LogP contribution in [0.1, 0.15) is 44.6 Å². The van der Waals surface area contributed by atoms with Crippen LogP contribution in [-0.2, 0) is 10.4 Å². The summed E-state index contributed by atoms with van der Waals surface area (Å²) in [5.74, 6) is 3.32. The van der Waals surface area contributed by atoms with Crippen molar-refractivity contribution >= 4 is 5.97 Å². The first-order valence-electron chi connectivity index (χ1n) is 6.62. The van der Waals surface area contributed by atoms with E-state index in [-0.39, 0.29) is 0 Å². The Balaban J connectivity index is 2.85. The van der Waals surface area contributed by atoms with E-state index in [2.05, 4.69) is 12.8 Å². The third-order valence-corrected chi connectivity index (χ3v) is 3.02. The molecule has 0 fully saturated rings. The van der Waals surface area contributed by atoms with Crippen molar-refractivity contribution in [2.24, 2.45) is 0 Å². The first-order valence-corrected chi connectivity index (χ1v) is 6.62. The molecule has 0 saturated carbocycles. The number of aliphatic carboxylic acids is 1. The van der Waals surface area contributed by atoms with Gasteiger partial charge in [0.1, 0.15) is 0 Å². The second-order valence-corrected chi connectivity index (χ2v) is 4.59. The number of aliphatic hydroxyl groups is 1. The highest BCUT2D eigenvalue weighted by molar-refractivity contribution is 5.86. The van der Waals surface area contributed by atoms with Crippen LogP contribution >= 0.6 is 0 Å². The molecule has 1 atom stereocenters. The molecule has 0 heterocycles. The Morgan fingerprint density at radius 3 is 2.47 bits per heavy atom. The van der Waals surface area contributed by atoms with Crippen molar-refractivity contribution in [2.75, 3.05) is 0 Å². The van der Waals surface area contributed by atoms with E-state index in [1.807, 2.05) is 24.1 Å². The van der Waals surface area contributed by atoms with Gasteiger partial charge in [-0.15, -0.1) is 0 Å². The van der Waals surface area contributed by atoms with Crippen LogP contribution < -0.4 is 0 Å². The van der Waals surface area contributed by atoms with E-state index in [1.165, 1.54) is 0 Å². The molecule has 0 aliphatic carbocycles. The van der Waals surface area contributed by atoms with Crippen LogP contribution in [0.4, 0.5) is 0 Å². The molecular formula is C16H20O3. The standard InChI is InChI=1S/C16H20O3/c1-2-3-4-8-12-16(19,13-11-15(17)18)14-9-6-5-7-10-14/h5-7,9-10,19H,2-4,8,12H2,1H3,(H,17,18). The van der Waals surface area contributed by atoms with E-state index in [0.717, 1.165) is 25.7 Å². The van der Waals surface area contributed by atoms with E-state index in [1.54, 1.807) is 12.1 Å². The first-order chi connectivity index (χ1) is 9.08. The van der Waals surface area contributed by atoms with Gasteiger partial charge in [-0.3, -0.25) is 0 Å². The molecular weight excluding hydrogens is 240 g/mol. The molecule has 19 heavy (non-hydrogen) atoms. The summed E-state index contributed by atoms with van der Waals surface area (Å²) in [5.41, 5.74) is -0.715. The maximum Gasteiger partial charge on any atom is 0.382 e. The lowest BCUT2D eigenvalue weighted by atomic mass is 9.88. The molecule has 1 aromatic rings. The Labute approximate surface area is 114 Å². The average Bonchev–Trinajstić information content (AvgIpc) is 2.42. The van der Waals surface area contributed by atoms with Crippen molar-refractivity contribution < 1.29 is 15.0 Å². The topological polar surface area (TPSA) is 57.5 Å². The summed E-state index contributed by atoms with van der Waals surface area (Å²) in [6, 6.07) is 9.03. The van der Waals surface area contributed by atoms with E-state index < -0.39 is 11.6 Å². The largest absolute Gasteiger partial charge is 0.472 e. The monoisotopic (exact) mass is 260 g/mol. The molecule has 3 heteroatoms. The van der Waals surface area contributed by atoms with E-state index in [9.17, 15) is 9.90 Å². The number of unbranched alkanes of at least 4 members (excludes halogenated alkanes) is 3. The lowest BCUT2D eigenvalue weighted by Gasteiger charge is -2.22. The number of carboxylic acids is 1. The zero-order valence-electron chi connectivity index (χ0n) is 11.2. The molecule has 0 saturated heterocycles. The third kappa shape index (κ3) is 5.15. The fourth-order valence-corrected chi connectivity index (χ4v) is 1.96. The number of benzene rings is 1. The first kappa shape index (κ1) is 15.3. The molecule has 1 rings (SSSR count). The zero-order valence-corrected chi connectivity index (χ0v) is 11.2. The number of carbonyl (C=O) groups is 1. The minimum absolute atomic E-state index is 0.456. The van der Waals surface area contributed by atoms with Gasteiger partial charge in [0.05, 0.1) is 0 Å². The van der Waals surface area contributed by atoms with Gasteiger partial charge >= 0.3 is 5.97 Å². The Morgan fingerprint density at radius 2 is 1.89 bits per heavy atom. The Morgan fingerprint density at radius 1 is 1.21 bits per heavy atom. The third-order valence-electron chi connectivity index (χ3n) is 3.02. The highest BCUT2D eigenvalue weighted by Crippen LogP contribution is 2.26. The molecule has 0 radical (unpaired) electrons. The lowest BCUT2D eigenvalue weighted by molar-refractivity contribution is -0.130. The lowest BCUT2D eigenvalue weighted by Crippen LogP contribution is -2.24. The van der Waals surface area contributed by atoms with Crippen LogP contribution in [0.2, 0.25) is 0 Å². The second-order valence-electron chi connectivity index (χ2n) is 4.59. The van der Waals surface area contributed by atoms with Crippen molar-refractivity contribution in [1.29, 1.82) is 0 Å². The molecule has 0 aliphatic rings. The van der Waals surface area contributed by atoms with Gasteiger partial charge in [-0.1, -0.05) is 62.4 Å². The molecule has 3 nitrogen and oxygen atoms in total. The molecule has 1 aromatic carbocycles. The highest BCUT2D eigenvalue weighted by Gasteiger charge is 2.26. The molecule has 1 unspecified atom stereocenters. The minimum Gasteiger partial charge on any atom is -0.472 e. The van der Waals surface area contributed by atoms with Crippen LogP contribution in [0.5, 0.6) is 0 Å². The molecule has 102 valence electrons. The van der Waals surface area contributed by atoms with Gasteiger partial charge in [0, 0.05) is 5.92 Å². The predicted octanol–water partition coefficient (Wildman–Crippen LogP) is 2.93. The number of rotatable bonds is 6. The van der Waals surface area contributed by atoms with Crippen LogP contribution in [0.25, 0.3) is 0 Å². The van der Waals surface area contributed by atoms with E-state index in [4.69, 9.17) is 5.11 Å². The Kier molecular flexibility index (Phi) is 6.11. The van der Waals surface area contributed by atoms with Gasteiger partial charge in [-0.2, -0.15) is 0 Å². The van der Waals surface area contributed by atoms with E-state index in [0.29, 0.717) is 12.0 Å². The average molecular weight is 260 g/mol. The molecule has 0 amide bonds. The number of carboxylic acid groups (broad SMARTS) is 1. The van der Waals surface area contributed by atoms with Crippen LogP contribution in [-0.4, -0.2) is 16.2 Å². The zero-order chi connectivity index (χ0) is 14.1. The summed E-state index contributed by atoms with van der Waals surface area (Å²) in [6.45, 7) is 2.12. The van der Waals surface area contributed by atoms with Crippen molar-refractivity contribution in [3.63, 3.8) is 0 Å². The Bertz CT molecular complexity index is 456. The van der Waals surface area contributed by atoms with Gasteiger partial charge in [-0.05, 0) is 18.4 Å². The van der Waals surface area contributed by atoms with E-state index >= 15 is 0 Å². The van der Waals surface area contributed by atoms with Crippen LogP contribution in [0, 0.1) is 11.8 Å². The van der Waals surface area contributed by atoms with Crippen LogP contribution in [0.15, 0.2) is 30.3 Å². The van der Waals surface area contributed by atoms with Gasteiger partial charge < -0.3 is 10.2 Å². The van der Waals surface area contributed by atoms with Crippen molar-refractivity contribution in [3.8, 4) is 11.8 Å². The fourth-order valence-electron chi connectivity index (χ4n) is 1.96. The van der Waals surface area contributed by atoms with Crippen molar-refractivity contribution in [2.45, 2.75) is 44.6 Å². The quantitative estimate of drug-likeness (QED) is 0.610. The predicted molar refractivity (Wildman–Crippen MR) is 74.5 cm³/mol. The van der Waals surface area contributed by atoms with Gasteiger partial charge in [0.15, 0.2) is 5.60 Å². The highest BCUT2D eigenvalue weighted by atomic mass is 16.4. The minimum atomic E-state index is -1.37. The number of hydrogen-bond donors (Lipinski definition) is 2. The summed E-state index contributed by atoms with van der Waals surface area (Å²) in [6.07, 6.45) is 4.52. The van der Waals surface area contributed by atoms with Crippen molar-refractivity contribution in [3.05, 3.63) is 35.9 Å². The fraction of sp³-hybridized carbons (Fsp3) is 0.438. The summed E-state index contributed by atoms with van der Waals surface area (Å²) >= 11 is 0. The van der Waals surface area contributed by atoms with Gasteiger partial charge in [0.2, 0.25) is 0 Å². The second kappa shape index (κ2) is 7.60. The maximum absolute atomic E-state index is 10.6. The molecule has 0 aliphatic heterocycles. The van der Waals surface area contributed by atoms with Crippen LogP contribution in [0.3, 0.4) is 0 Å². The SMILES string of the molecule is CCCCCCC(O)(C#CC(=O)O)c1ccccc1.